The van der Waals surface area contributed by atoms with Crippen LogP contribution in [0.4, 0.5) is 0 Å². The normalized spacial score (nSPS) is 11.8. The monoisotopic (exact) mass is 200 g/mol. The van der Waals surface area contributed by atoms with Gasteiger partial charge in [0.1, 0.15) is 0 Å². The summed E-state index contributed by atoms with van der Waals surface area (Å²) >= 11 is 5.43. The largest absolute Gasteiger partial charge is 1.00 e. The smallest absolute Gasteiger partial charge is 0.549 e. The van der Waals surface area contributed by atoms with Gasteiger partial charge in [0, 0.05) is 0 Å². The molecule has 66 valence electrons. The van der Waals surface area contributed by atoms with Crippen LogP contribution >= 0.6 is 11.6 Å². The van der Waals surface area contributed by atoms with Gasteiger partial charge in [-0.3, -0.25) is 0 Å². The average molecular weight is 201 g/mol. The molecule has 0 aromatic rings. The number of carbonyl (C=O) groups is 1. The number of carboxylic acid groups (broad SMARTS) is 1. The van der Waals surface area contributed by atoms with Crippen LogP contribution < -0.4 is 34.7 Å². The summed E-state index contributed by atoms with van der Waals surface area (Å²) in [6, 6.07) is 0. The van der Waals surface area contributed by atoms with Crippen LogP contribution in [0.1, 0.15) is 39.0 Å². The third-order valence-corrected chi connectivity index (χ3v) is 1.96. The molecule has 0 radical (unpaired) electrons. The molecule has 0 aliphatic rings. The Morgan fingerprint density at radius 3 is 2.42 bits per heavy atom. The van der Waals surface area contributed by atoms with Crippen molar-refractivity contribution in [1.29, 1.82) is 0 Å². The van der Waals surface area contributed by atoms with E-state index in [0.717, 1.165) is 25.7 Å². The zero-order chi connectivity index (χ0) is 8.69. The predicted octanol–water partition coefficient (Wildman–Crippen LogP) is -1.68. The summed E-state index contributed by atoms with van der Waals surface area (Å²) in [5.41, 5.74) is 0. The van der Waals surface area contributed by atoms with E-state index in [1.54, 1.807) is 0 Å². The first-order valence-electron chi connectivity index (χ1n) is 4.03. The number of alkyl halides is 1. The van der Waals surface area contributed by atoms with Gasteiger partial charge in [-0.05, 0) is 6.42 Å². The molecule has 2 nitrogen and oxygen atoms in total. The summed E-state index contributed by atoms with van der Waals surface area (Å²) in [4.78, 5) is 10.1. The number of halogens is 1. The summed E-state index contributed by atoms with van der Waals surface area (Å²) in [5.74, 6) is -1.15. The molecule has 0 bridgehead atoms. The maximum absolute atomic E-state index is 10.1. The average Bonchev–Trinajstić information content (AvgIpc) is 1.97. The van der Waals surface area contributed by atoms with Gasteiger partial charge in [-0.2, -0.15) is 0 Å². The van der Waals surface area contributed by atoms with Crippen LogP contribution in [0, 0.1) is 0 Å². The van der Waals surface area contributed by atoms with Gasteiger partial charge in [0.25, 0.3) is 0 Å². The number of hydrogen-bond donors (Lipinski definition) is 0. The van der Waals surface area contributed by atoms with Gasteiger partial charge in [-0.25, -0.2) is 0 Å². The minimum absolute atomic E-state index is 0. The molecule has 0 aliphatic heterocycles. The van der Waals surface area contributed by atoms with E-state index in [1.165, 1.54) is 0 Å². The summed E-state index contributed by atoms with van der Waals surface area (Å²) in [6.45, 7) is 2.11. The first-order valence-corrected chi connectivity index (χ1v) is 4.47. The second-order valence-corrected chi connectivity index (χ2v) is 3.16. The summed E-state index contributed by atoms with van der Waals surface area (Å²) in [6.07, 6.45) is 4.78. The minimum Gasteiger partial charge on any atom is -0.549 e. The van der Waals surface area contributed by atoms with Crippen LogP contribution in [0.2, 0.25) is 0 Å². The van der Waals surface area contributed by atoms with Crippen LogP contribution in [0.3, 0.4) is 0 Å². The van der Waals surface area contributed by atoms with Gasteiger partial charge in [0.2, 0.25) is 0 Å². The van der Waals surface area contributed by atoms with Crippen molar-refractivity contribution >= 4 is 17.6 Å². The van der Waals surface area contributed by atoms with Gasteiger partial charge in [0.15, 0.2) is 0 Å². The fourth-order valence-corrected chi connectivity index (χ4v) is 1.02. The van der Waals surface area contributed by atoms with E-state index in [0.29, 0.717) is 6.42 Å². The van der Waals surface area contributed by atoms with E-state index in [9.17, 15) is 9.90 Å². The van der Waals surface area contributed by atoms with Crippen molar-refractivity contribution in [2.75, 3.05) is 0 Å². The fourth-order valence-electron chi connectivity index (χ4n) is 0.868. The zero-order valence-corrected chi connectivity index (χ0v) is 10.6. The number of hydrogen-bond acceptors (Lipinski definition) is 2. The second-order valence-electron chi connectivity index (χ2n) is 2.64. The number of carboxylic acids is 1. The second kappa shape index (κ2) is 9.85. The fraction of sp³-hybridized carbons (Fsp3) is 0.875. The van der Waals surface area contributed by atoms with Gasteiger partial charge >= 0.3 is 29.6 Å². The van der Waals surface area contributed by atoms with Gasteiger partial charge in [-0.15, -0.1) is 11.6 Å². The van der Waals surface area contributed by atoms with Gasteiger partial charge in [0.05, 0.1) is 11.3 Å². The molecule has 0 aromatic heterocycles. The third-order valence-electron chi connectivity index (χ3n) is 1.57. The topological polar surface area (TPSA) is 40.1 Å². The van der Waals surface area contributed by atoms with Crippen molar-refractivity contribution < 1.29 is 39.5 Å². The Bertz CT molecular complexity index is 120. The summed E-state index contributed by atoms with van der Waals surface area (Å²) in [5, 5.41) is 9.32. The van der Waals surface area contributed by atoms with Gasteiger partial charge in [-0.1, -0.05) is 32.6 Å². The summed E-state index contributed by atoms with van der Waals surface area (Å²) < 4.78 is 0. The first-order chi connectivity index (χ1) is 5.18. The zero-order valence-electron chi connectivity index (χ0n) is 7.81. The molecule has 1 atom stereocenters. The van der Waals surface area contributed by atoms with E-state index in [1.807, 2.05) is 0 Å². The predicted molar refractivity (Wildman–Crippen MR) is 43.4 cm³/mol. The Hall–Kier alpha value is 0.760. The van der Waals surface area contributed by atoms with E-state index >= 15 is 0 Å². The molecular weight excluding hydrogens is 187 g/mol. The summed E-state index contributed by atoms with van der Waals surface area (Å²) in [7, 11) is 0. The third kappa shape index (κ3) is 8.85. The van der Waals surface area contributed by atoms with Crippen molar-refractivity contribution in [3.63, 3.8) is 0 Å². The minimum atomic E-state index is -1.15. The molecule has 0 heterocycles. The maximum atomic E-state index is 10.1. The van der Waals surface area contributed by atoms with Crippen LogP contribution in [-0.4, -0.2) is 11.3 Å². The number of rotatable bonds is 6. The molecule has 0 spiro atoms. The molecule has 0 N–H and O–H groups in total. The first kappa shape index (κ1) is 15.2. The maximum Gasteiger partial charge on any atom is 1.00 e. The van der Waals surface area contributed by atoms with E-state index < -0.39 is 11.3 Å². The Kier molecular flexibility index (Phi) is 12.5. The van der Waals surface area contributed by atoms with Crippen molar-refractivity contribution in [1.82, 2.24) is 0 Å². The Labute approximate surface area is 101 Å². The number of unbranched alkanes of at least 4 members (excludes halogenated alkanes) is 3. The molecule has 0 saturated heterocycles. The van der Waals surface area contributed by atoms with Crippen LogP contribution in [0.15, 0.2) is 0 Å². The molecule has 0 aromatic carbocycles. The molecular formula is C8H14ClNaO2. The Morgan fingerprint density at radius 1 is 1.42 bits per heavy atom. The number of aliphatic carboxylic acids is 1. The molecule has 0 rings (SSSR count). The van der Waals surface area contributed by atoms with E-state index in [2.05, 4.69) is 6.92 Å². The molecule has 0 saturated carbocycles. The van der Waals surface area contributed by atoms with E-state index in [4.69, 9.17) is 11.6 Å². The van der Waals surface area contributed by atoms with Crippen molar-refractivity contribution in [2.45, 2.75) is 44.4 Å². The van der Waals surface area contributed by atoms with Crippen LogP contribution in [0.25, 0.3) is 0 Å². The Morgan fingerprint density at radius 2 is 2.00 bits per heavy atom. The van der Waals surface area contributed by atoms with E-state index in [-0.39, 0.29) is 29.6 Å². The molecule has 0 fully saturated rings. The molecule has 0 aliphatic carbocycles. The number of carbonyl (C=O) groups excluding carboxylic acids is 1. The standard InChI is InChI=1S/C8H15ClO2.Na/c1-2-3-4-5-6-7(9)8(10)11;/h7H,2-6H2,1H3,(H,10,11);/q;+1/p-1. The molecule has 4 heteroatoms. The van der Waals surface area contributed by atoms with Gasteiger partial charge < -0.3 is 9.90 Å². The Balaban J connectivity index is 0. The van der Waals surface area contributed by atoms with Crippen molar-refractivity contribution in [3.8, 4) is 0 Å². The molecule has 12 heavy (non-hydrogen) atoms. The van der Waals surface area contributed by atoms with Crippen molar-refractivity contribution in [2.24, 2.45) is 0 Å². The van der Waals surface area contributed by atoms with Crippen LogP contribution in [-0.2, 0) is 4.79 Å². The van der Waals surface area contributed by atoms with Crippen molar-refractivity contribution in [3.05, 3.63) is 0 Å². The molecule has 1 unspecified atom stereocenters. The molecule has 0 amide bonds. The quantitative estimate of drug-likeness (QED) is 0.292. The van der Waals surface area contributed by atoms with Crippen LogP contribution in [0.5, 0.6) is 0 Å². The SMILES string of the molecule is CCCCCCC(Cl)C(=O)[O-].[Na+].